The van der Waals surface area contributed by atoms with Gasteiger partial charge in [-0.15, -0.1) is 0 Å². The lowest BCUT2D eigenvalue weighted by Crippen LogP contribution is -2.35. The van der Waals surface area contributed by atoms with Gasteiger partial charge in [0.2, 0.25) is 0 Å². The average Bonchev–Trinajstić information content (AvgIpc) is 2.29. The largest absolute Gasteiger partial charge is 0.318 e. The normalized spacial score (nSPS) is 14.3. The molecular weight excluding hydrogens is 317 g/mol. The Hall–Kier alpha value is -0.900. The van der Waals surface area contributed by atoms with E-state index in [1.165, 1.54) is 6.07 Å². The van der Waals surface area contributed by atoms with Crippen LogP contribution in [0.3, 0.4) is 0 Å². The summed E-state index contributed by atoms with van der Waals surface area (Å²) in [5, 5.41) is 0.364. The molecule has 4 heteroatoms. The highest BCUT2D eigenvalue weighted by Gasteiger charge is 2.26. The molecule has 0 aromatic heterocycles. The maximum absolute atomic E-state index is 13.9. The molecule has 2 aromatic rings. The van der Waals surface area contributed by atoms with Crippen LogP contribution < -0.4 is 5.73 Å². The number of benzene rings is 2. The van der Waals surface area contributed by atoms with E-state index in [1.807, 2.05) is 24.3 Å². The van der Waals surface area contributed by atoms with Gasteiger partial charge in [0.05, 0.1) is 5.54 Å². The number of hydrogen-bond donors (Lipinski definition) is 1. The topological polar surface area (TPSA) is 26.0 Å². The van der Waals surface area contributed by atoms with Gasteiger partial charge >= 0.3 is 0 Å². The molecule has 0 aliphatic carbocycles. The molecule has 94 valence electrons. The van der Waals surface area contributed by atoms with Crippen LogP contribution in [0, 0.1) is 5.82 Å². The van der Waals surface area contributed by atoms with Crippen LogP contribution in [0.25, 0.3) is 0 Å². The quantitative estimate of drug-likeness (QED) is 0.865. The molecule has 0 saturated heterocycles. The Bertz CT molecular complexity index is 567. The zero-order valence-electron chi connectivity index (χ0n) is 9.75. The van der Waals surface area contributed by atoms with Crippen LogP contribution in [-0.4, -0.2) is 0 Å². The SMILES string of the molecule is CC(N)(c1ccc(Br)cc1)c1ccc(Cl)cc1F. The molecule has 0 aliphatic heterocycles. The molecule has 18 heavy (non-hydrogen) atoms. The smallest absolute Gasteiger partial charge is 0.130 e. The Balaban J connectivity index is 2.50. The van der Waals surface area contributed by atoms with Crippen molar-refractivity contribution in [2.24, 2.45) is 5.73 Å². The minimum Gasteiger partial charge on any atom is -0.318 e. The molecule has 2 aromatic carbocycles. The zero-order chi connectivity index (χ0) is 13.3. The Morgan fingerprint density at radius 2 is 1.78 bits per heavy atom. The van der Waals surface area contributed by atoms with Gasteiger partial charge in [0, 0.05) is 15.1 Å². The summed E-state index contributed by atoms with van der Waals surface area (Å²) in [5.74, 6) is -0.393. The lowest BCUT2D eigenvalue weighted by Gasteiger charge is -2.26. The van der Waals surface area contributed by atoms with Gasteiger partial charge in [-0.2, -0.15) is 0 Å². The molecule has 0 spiro atoms. The van der Waals surface area contributed by atoms with Gasteiger partial charge in [-0.1, -0.05) is 45.7 Å². The predicted molar refractivity (Wildman–Crippen MR) is 76.2 cm³/mol. The van der Waals surface area contributed by atoms with Crippen molar-refractivity contribution in [1.29, 1.82) is 0 Å². The first-order valence-corrected chi connectivity index (χ1v) is 6.59. The third-order valence-corrected chi connectivity index (χ3v) is 3.70. The molecule has 1 nitrogen and oxygen atoms in total. The summed E-state index contributed by atoms with van der Waals surface area (Å²) < 4.78 is 14.9. The minimum absolute atomic E-state index is 0.364. The summed E-state index contributed by atoms with van der Waals surface area (Å²) in [6.07, 6.45) is 0. The van der Waals surface area contributed by atoms with Crippen molar-refractivity contribution in [3.05, 3.63) is 68.9 Å². The van der Waals surface area contributed by atoms with E-state index in [4.69, 9.17) is 17.3 Å². The maximum atomic E-state index is 13.9. The lowest BCUT2D eigenvalue weighted by molar-refractivity contribution is 0.531. The second-order valence-corrected chi connectivity index (χ2v) is 5.69. The molecule has 0 fully saturated rings. The summed E-state index contributed by atoms with van der Waals surface area (Å²) in [7, 11) is 0. The van der Waals surface area contributed by atoms with E-state index < -0.39 is 11.4 Å². The maximum Gasteiger partial charge on any atom is 0.130 e. The second kappa shape index (κ2) is 5.00. The van der Waals surface area contributed by atoms with E-state index in [2.05, 4.69) is 15.9 Å². The number of hydrogen-bond acceptors (Lipinski definition) is 1. The van der Waals surface area contributed by atoms with Gasteiger partial charge in [-0.05, 0) is 36.8 Å². The van der Waals surface area contributed by atoms with E-state index in [9.17, 15) is 4.39 Å². The van der Waals surface area contributed by atoms with Gasteiger partial charge in [-0.25, -0.2) is 4.39 Å². The molecule has 0 aliphatic rings. The Kier molecular flexibility index (Phi) is 3.76. The van der Waals surface area contributed by atoms with E-state index >= 15 is 0 Å². The van der Waals surface area contributed by atoms with Crippen LogP contribution in [0.2, 0.25) is 5.02 Å². The third-order valence-electron chi connectivity index (χ3n) is 2.93. The van der Waals surface area contributed by atoms with Crippen LogP contribution in [-0.2, 0) is 5.54 Å². The molecular formula is C14H12BrClFN. The Labute approximate surface area is 119 Å². The summed E-state index contributed by atoms with van der Waals surface area (Å²) in [6.45, 7) is 1.78. The van der Waals surface area contributed by atoms with E-state index in [1.54, 1.807) is 19.1 Å². The highest BCUT2D eigenvalue weighted by Crippen LogP contribution is 2.30. The third kappa shape index (κ3) is 2.58. The second-order valence-electron chi connectivity index (χ2n) is 4.33. The van der Waals surface area contributed by atoms with E-state index in [0.29, 0.717) is 10.6 Å². The van der Waals surface area contributed by atoms with Crippen molar-refractivity contribution >= 4 is 27.5 Å². The average molecular weight is 329 g/mol. The van der Waals surface area contributed by atoms with Crippen molar-refractivity contribution in [1.82, 2.24) is 0 Å². The molecule has 0 saturated carbocycles. The van der Waals surface area contributed by atoms with Gasteiger partial charge in [0.15, 0.2) is 0 Å². The van der Waals surface area contributed by atoms with Crippen LogP contribution in [0.5, 0.6) is 0 Å². The first-order valence-electron chi connectivity index (χ1n) is 5.42. The summed E-state index contributed by atoms with van der Waals surface area (Å²) in [6, 6.07) is 12.1. The number of halogens is 3. The van der Waals surface area contributed by atoms with Gasteiger partial charge in [-0.3, -0.25) is 0 Å². The predicted octanol–water partition coefficient (Wildman–Crippen LogP) is 4.46. The summed E-state index contributed by atoms with van der Waals surface area (Å²) in [4.78, 5) is 0. The van der Waals surface area contributed by atoms with Crippen LogP contribution in [0.15, 0.2) is 46.9 Å². The van der Waals surface area contributed by atoms with E-state index in [0.717, 1.165) is 10.0 Å². The van der Waals surface area contributed by atoms with Gasteiger partial charge in [0.25, 0.3) is 0 Å². The van der Waals surface area contributed by atoms with Gasteiger partial charge < -0.3 is 5.73 Å². The molecule has 0 radical (unpaired) electrons. The molecule has 0 amide bonds. The monoisotopic (exact) mass is 327 g/mol. The van der Waals surface area contributed by atoms with Crippen molar-refractivity contribution in [3.63, 3.8) is 0 Å². The first kappa shape index (κ1) is 13.5. The molecule has 2 rings (SSSR count). The fourth-order valence-electron chi connectivity index (χ4n) is 1.86. The van der Waals surface area contributed by atoms with Crippen molar-refractivity contribution in [3.8, 4) is 0 Å². The summed E-state index contributed by atoms with van der Waals surface area (Å²) in [5.41, 5.74) is 6.63. The highest BCUT2D eigenvalue weighted by atomic mass is 79.9. The summed E-state index contributed by atoms with van der Waals surface area (Å²) >= 11 is 9.11. The standard InChI is InChI=1S/C14H12BrClFN/c1-14(18,9-2-4-10(15)5-3-9)12-7-6-11(16)8-13(12)17/h2-8H,18H2,1H3. The van der Waals surface area contributed by atoms with Crippen LogP contribution in [0.4, 0.5) is 4.39 Å². The Morgan fingerprint density at radius 1 is 1.17 bits per heavy atom. The number of rotatable bonds is 2. The zero-order valence-corrected chi connectivity index (χ0v) is 12.1. The number of nitrogens with two attached hydrogens (primary N) is 1. The molecule has 1 atom stereocenters. The molecule has 0 heterocycles. The lowest BCUT2D eigenvalue weighted by atomic mass is 9.85. The first-order chi connectivity index (χ1) is 8.41. The van der Waals surface area contributed by atoms with Crippen LogP contribution >= 0.6 is 27.5 Å². The Morgan fingerprint density at radius 3 is 2.33 bits per heavy atom. The molecule has 0 bridgehead atoms. The molecule has 2 N–H and O–H groups in total. The fourth-order valence-corrected chi connectivity index (χ4v) is 2.29. The van der Waals surface area contributed by atoms with Crippen molar-refractivity contribution < 1.29 is 4.39 Å². The van der Waals surface area contributed by atoms with Crippen molar-refractivity contribution in [2.75, 3.05) is 0 Å². The minimum atomic E-state index is -0.893. The fraction of sp³-hybridized carbons (Fsp3) is 0.143. The van der Waals surface area contributed by atoms with Gasteiger partial charge in [0.1, 0.15) is 5.82 Å². The van der Waals surface area contributed by atoms with Crippen LogP contribution in [0.1, 0.15) is 18.1 Å². The molecule has 1 unspecified atom stereocenters. The van der Waals surface area contributed by atoms with E-state index in [-0.39, 0.29) is 0 Å². The van der Waals surface area contributed by atoms with Crippen molar-refractivity contribution in [2.45, 2.75) is 12.5 Å². The highest BCUT2D eigenvalue weighted by molar-refractivity contribution is 9.10.